The van der Waals surface area contributed by atoms with Crippen molar-refractivity contribution < 1.29 is 21.7 Å². The van der Waals surface area contributed by atoms with Crippen LogP contribution in [0.2, 0.25) is 0 Å². The van der Waals surface area contributed by atoms with Gasteiger partial charge in [-0.3, -0.25) is 0 Å². The molecular formula is C14H17F2N3O3S. The molecule has 23 heavy (non-hydrogen) atoms. The van der Waals surface area contributed by atoms with Crippen LogP contribution in [0, 0.1) is 6.92 Å². The lowest BCUT2D eigenvalue weighted by molar-refractivity contribution is 0.140. The molecule has 0 unspecified atom stereocenters. The summed E-state index contributed by atoms with van der Waals surface area (Å²) in [7, 11) is -3.55. The summed E-state index contributed by atoms with van der Waals surface area (Å²) in [6.45, 7) is 2.53. The van der Waals surface area contributed by atoms with Crippen LogP contribution in [0.15, 0.2) is 39.8 Å². The molecule has 0 saturated heterocycles. The molecule has 1 aromatic carbocycles. The molecule has 1 heterocycles. The predicted octanol–water partition coefficient (Wildman–Crippen LogP) is 1.99. The fourth-order valence-corrected chi connectivity index (χ4v) is 2.83. The zero-order valence-corrected chi connectivity index (χ0v) is 13.2. The highest BCUT2D eigenvalue weighted by Crippen LogP contribution is 2.17. The minimum Gasteiger partial charge on any atom is -0.360 e. The monoisotopic (exact) mass is 345 g/mol. The summed E-state index contributed by atoms with van der Waals surface area (Å²) in [5, 5.41) is 6.11. The first kappa shape index (κ1) is 17.5. The van der Waals surface area contributed by atoms with E-state index in [1.165, 1.54) is 12.1 Å². The second-order valence-electron chi connectivity index (χ2n) is 4.91. The van der Waals surface area contributed by atoms with Gasteiger partial charge < -0.3 is 9.84 Å². The van der Waals surface area contributed by atoms with Crippen molar-refractivity contribution in [1.82, 2.24) is 15.2 Å². The minimum absolute atomic E-state index is 0.159. The first-order valence-corrected chi connectivity index (χ1v) is 8.37. The molecule has 126 valence electrons. The Balaban J connectivity index is 1.75. The molecule has 0 atom stereocenters. The lowest BCUT2D eigenvalue weighted by Gasteiger charge is -2.07. The average Bonchev–Trinajstić information content (AvgIpc) is 2.96. The maximum Gasteiger partial charge on any atom is 0.283 e. The molecule has 2 N–H and O–H groups in total. The van der Waals surface area contributed by atoms with Crippen molar-refractivity contribution in [2.45, 2.75) is 24.8 Å². The van der Waals surface area contributed by atoms with Gasteiger partial charge in [0, 0.05) is 19.2 Å². The van der Waals surface area contributed by atoms with Crippen molar-refractivity contribution in [3.8, 4) is 0 Å². The van der Waals surface area contributed by atoms with E-state index in [4.69, 9.17) is 4.52 Å². The summed E-state index contributed by atoms with van der Waals surface area (Å²) in [5.74, 6) is 0.265. The molecule has 0 spiro atoms. The van der Waals surface area contributed by atoms with Gasteiger partial charge in [0.2, 0.25) is 10.0 Å². The Labute approximate surface area is 132 Å². The minimum atomic E-state index is -3.55. The smallest absolute Gasteiger partial charge is 0.283 e. The van der Waals surface area contributed by atoms with Crippen LogP contribution >= 0.6 is 0 Å². The zero-order valence-electron chi connectivity index (χ0n) is 12.4. The number of hydrogen-bond acceptors (Lipinski definition) is 5. The molecule has 0 saturated carbocycles. The highest BCUT2D eigenvalue weighted by molar-refractivity contribution is 7.89. The van der Waals surface area contributed by atoms with Crippen molar-refractivity contribution in [2.24, 2.45) is 0 Å². The van der Waals surface area contributed by atoms with Crippen LogP contribution in [-0.2, 0) is 16.6 Å². The van der Waals surface area contributed by atoms with Crippen LogP contribution in [0.3, 0.4) is 0 Å². The molecule has 0 fully saturated rings. The van der Waals surface area contributed by atoms with Gasteiger partial charge in [-0.2, -0.15) is 0 Å². The number of hydrogen-bond donors (Lipinski definition) is 2. The number of sulfonamides is 1. The van der Waals surface area contributed by atoms with E-state index in [0.717, 1.165) is 11.6 Å². The third kappa shape index (κ3) is 5.08. The second kappa shape index (κ2) is 7.62. The standard InChI is InChI=1S/C14H17F2N3O3S/c1-10-2-4-12(5-3-10)23(20,21)18-7-6-17-9-11-8-13(14(15)16)19-22-11/h2-5,8,14,17-18H,6-7,9H2,1H3. The van der Waals surface area contributed by atoms with E-state index in [1.54, 1.807) is 12.1 Å². The van der Waals surface area contributed by atoms with E-state index in [9.17, 15) is 17.2 Å². The van der Waals surface area contributed by atoms with Gasteiger partial charge in [-0.1, -0.05) is 22.9 Å². The van der Waals surface area contributed by atoms with E-state index in [2.05, 4.69) is 15.2 Å². The zero-order chi connectivity index (χ0) is 16.9. The highest BCUT2D eigenvalue weighted by Gasteiger charge is 2.14. The predicted molar refractivity (Wildman–Crippen MR) is 79.5 cm³/mol. The maximum absolute atomic E-state index is 12.3. The first-order valence-electron chi connectivity index (χ1n) is 6.89. The van der Waals surface area contributed by atoms with Crippen molar-refractivity contribution in [3.05, 3.63) is 47.3 Å². The summed E-state index contributed by atoms with van der Waals surface area (Å²) in [6.07, 6.45) is -2.67. The van der Waals surface area contributed by atoms with Gasteiger partial charge in [-0.05, 0) is 19.1 Å². The van der Waals surface area contributed by atoms with Gasteiger partial charge in [-0.15, -0.1) is 0 Å². The number of rotatable bonds is 8. The van der Waals surface area contributed by atoms with Crippen LogP contribution in [0.25, 0.3) is 0 Å². The number of nitrogens with zero attached hydrogens (tertiary/aromatic N) is 1. The molecule has 1 aromatic heterocycles. The first-order chi connectivity index (χ1) is 10.9. The van der Waals surface area contributed by atoms with Crippen LogP contribution in [-0.4, -0.2) is 26.7 Å². The quantitative estimate of drug-likeness (QED) is 0.715. The Morgan fingerprint density at radius 3 is 2.52 bits per heavy atom. The normalized spacial score (nSPS) is 12.0. The third-order valence-corrected chi connectivity index (χ3v) is 4.50. The maximum atomic E-state index is 12.3. The summed E-state index contributed by atoms with van der Waals surface area (Å²) >= 11 is 0. The van der Waals surface area contributed by atoms with E-state index < -0.39 is 22.1 Å². The number of nitrogens with one attached hydrogen (secondary N) is 2. The second-order valence-corrected chi connectivity index (χ2v) is 6.67. The van der Waals surface area contributed by atoms with E-state index in [-0.39, 0.29) is 23.7 Å². The molecule has 2 aromatic rings. The topological polar surface area (TPSA) is 84.2 Å². The van der Waals surface area contributed by atoms with Gasteiger partial charge in [0.25, 0.3) is 6.43 Å². The Morgan fingerprint density at radius 2 is 1.91 bits per heavy atom. The van der Waals surface area contributed by atoms with Gasteiger partial charge in [0.15, 0.2) is 5.76 Å². The summed E-state index contributed by atoms with van der Waals surface area (Å²) in [4.78, 5) is 0.194. The van der Waals surface area contributed by atoms with Gasteiger partial charge in [0.05, 0.1) is 11.4 Å². The van der Waals surface area contributed by atoms with E-state index >= 15 is 0 Å². The number of aryl methyl sites for hydroxylation is 1. The molecular weight excluding hydrogens is 328 g/mol. The Bertz CT molecular complexity index is 730. The van der Waals surface area contributed by atoms with Crippen LogP contribution in [0.1, 0.15) is 23.4 Å². The van der Waals surface area contributed by atoms with Crippen LogP contribution in [0.5, 0.6) is 0 Å². The number of benzene rings is 1. The Hall–Kier alpha value is -1.84. The van der Waals surface area contributed by atoms with E-state index in [0.29, 0.717) is 6.54 Å². The molecule has 0 aliphatic heterocycles. The largest absolute Gasteiger partial charge is 0.360 e. The van der Waals surface area contributed by atoms with E-state index in [1.807, 2.05) is 6.92 Å². The molecule has 6 nitrogen and oxygen atoms in total. The highest BCUT2D eigenvalue weighted by atomic mass is 32.2. The number of alkyl halides is 2. The van der Waals surface area contributed by atoms with Gasteiger partial charge >= 0.3 is 0 Å². The molecule has 9 heteroatoms. The number of aromatic nitrogens is 1. The summed E-state index contributed by atoms with van der Waals surface area (Å²) in [5.41, 5.74) is 0.558. The SMILES string of the molecule is Cc1ccc(S(=O)(=O)NCCNCc2cc(C(F)F)no2)cc1. The molecule has 0 radical (unpaired) electrons. The van der Waals surface area contributed by atoms with Gasteiger partial charge in [0.1, 0.15) is 5.69 Å². The number of halogens is 2. The summed E-state index contributed by atoms with van der Waals surface area (Å²) in [6, 6.07) is 7.67. The Kier molecular flexibility index (Phi) is 5.80. The lowest BCUT2D eigenvalue weighted by Crippen LogP contribution is -2.31. The van der Waals surface area contributed by atoms with Crippen molar-refractivity contribution >= 4 is 10.0 Å². The van der Waals surface area contributed by atoms with Gasteiger partial charge in [-0.25, -0.2) is 21.9 Å². The molecule has 2 rings (SSSR count). The molecule has 0 aliphatic rings. The average molecular weight is 345 g/mol. The fraction of sp³-hybridized carbons (Fsp3) is 0.357. The molecule has 0 amide bonds. The van der Waals surface area contributed by atoms with Crippen LogP contribution in [0.4, 0.5) is 8.78 Å². The van der Waals surface area contributed by atoms with Crippen molar-refractivity contribution in [2.75, 3.05) is 13.1 Å². The van der Waals surface area contributed by atoms with Crippen molar-refractivity contribution in [1.29, 1.82) is 0 Å². The molecule has 0 bridgehead atoms. The lowest BCUT2D eigenvalue weighted by atomic mass is 10.2. The molecule has 0 aliphatic carbocycles. The fourth-order valence-electron chi connectivity index (χ4n) is 1.80. The van der Waals surface area contributed by atoms with Crippen molar-refractivity contribution in [3.63, 3.8) is 0 Å². The van der Waals surface area contributed by atoms with Crippen LogP contribution < -0.4 is 10.0 Å². The Morgan fingerprint density at radius 1 is 1.22 bits per heavy atom. The summed E-state index contributed by atoms with van der Waals surface area (Å²) < 4.78 is 55.8. The third-order valence-electron chi connectivity index (χ3n) is 3.03.